The molecule has 0 saturated heterocycles. The predicted octanol–water partition coefficient (Wildman–Crippen LogP) is 5.88. The van der Waals surface area contributed by atoms with Crippen LogP contribution in [0.3, 0.4) is 0 Å². The van der Waals surface area contributed by atoms with Gasteiger partial charge in [-0.15, -0.1) is 0 Å². The number of fused-ring (bicyclic) bond motifs is 1. The van der Waals surface area contributed by atoms with Gasteiger partial charge in [-0.1, -0.05) is 24.3 Å². The minimum absolute atomic E-state index is 0.0845. The van der Waals surface area contributed by atoms with Crippen LogP contribution in [-0.4, -0.2) is 34.4 Å². The second kappa shape index (κ2) is 13.2. The molecule has 2 N–H and O–H groups in total. The van der Waals surface area contributed by atoms with Crippen LogP contribution in [0.15, 0.2) is 84.3 Å². The number of hydrogen-bond acceptors (Lipinski definition) is 10. The largest absolute Gasteiger partial charge is 0.493 e. The lowest BCUT2D eigenvalue weighted by molar-refractivity contribution is 0.0733. The third-order valence-corrected chi connectivity index (χ3v) is 7.13. The van der Waals surface area contributed by atoms with E-state index in [0.717, 1.165) is 5.56 Å². The lowest BCUT2D eigenvalue weighted by atomic mass is 9.83. The van der Waals surface area contributed by atoms with Crippen LogP contribution in [-0.2, 0) is 6.61 Å². The summed E-state index contributed by atoms with van der Waals surface area (Å²) in [5.41, 5.74) is 8.65. The maximum Gasteiger partial charge on any atom is 0.343 e. The summed E-state index contributed by atoms with van der Waals surface area (Å²) in [6, 6.07) is 21.2. The van der Waals surface area contributed by atoms with E-state index >= 15 is 0 Å². The van der Waals surface area contributed by atoms with E-state index in [1.807, 2.05) is 0 Å². The number of benzene rings is 4. The standard InChI is InChI=1S/C34H29FN2O8/c1-39-28-13-20(7-12-26(28)43-18-19-5-8-22(35)9-6-19)31-24-11-10-23(16-27(24)45-33(37)25(31)17-36)44-34(38)21-14-29(40-2)32(42-4)30(15-21)41-3/h5-16,31H,18,37H2,1-4H3. The van der Waals surface area contributed by atoms with Gasteiger partial charge in [-0.2, -0.15) is 5.26 Å². The number of carbonyl (C=O) groups is 1. The van der Waals surface area contributed by atoms with Gasteiger partial charge in [0.25, 0.3) is 0 Å². The van der Waals surface area contributed by atoms with Crippen molar-refractivity contribution >= 4 is 5.97 Å². The van der Waals surface area contributed by atoms with Crippen LogP contribution in [0.2, 0.25) is 0 Å². The van der Waals surface area contributed by atoms with Crippen molar-refractivity contribution in [2.24, 2.45) is 5.73 Å². The quantitative estimate of drug-likeness (QED) is 0.171. The maximum atomic E-state index is 13.3. The van der Waals surface area contributed by atoms with Crippen molar-refractivity contribution in [1.29, 1.82) is 5.26 Å². The van der Waals surface area contributed by atoms with Gasteiger partial charge in [0.2, 0.25) is 11.6 Å². The number of nitrogens with zero attached hydrogens (tertiary/aromatic N) is 1. The highest BCUT2D eigenvalue weighted by molar-refractivity contribution is 5.92. The highest BCUT2D eigenvalue weighted by Gasteiger charge is 2.32. The molecule has 230 valence electrons. The first-order valence-corrected chi connectivity index (χ1v) is 13.6. The fourth-order valence-corrected chi connectivity index (χ4v) is 4.93. The lowest BCUT2D eigenvalue weighted by Crippen LogP contribution is -2.21. The number of nitrogens with two attached hydrogens (primary N) is 1. The molecule has 0 spiro atoms. The van der Waals surface area contributed by atoms with E-state index < -0.39 is 11.9 Å². The Bertz CT molecular complexity index is 1790. The smallest absolute Gasteiger partial charge is 0.343 e. The molecule has 0 saturated carbocycles. The van der Waals surface area contributed by atoms with Crippen LogP contribution < -0.4 is 38.9 Å². The molecule has 0 amide bonds. The molecule has 1 aliphatic heterocycles. The van der Waals surface area contributed by atoms with Crippen molar-refractivity contribution in [2.75, 3.05) is 28.4 Å². The monoisotopic (exact) mass is 612 g/mol. The number of esters is 1. The Hall–Kier alpha value is -5.89. The summed E-state index contributed by atoms with van der Waals surface area (Å²) in [6.45, 7) is 0.198. The second-order valence-corrected chi connectivity index (χ2v) is 9.75. The third-order valence-electron chi connectivity index (χ3n) is 7.13. The summed E-state index contributed by atoms with van der Waals surface area (Å²) < 4.78 is 52.2. The number of carbonyl (C=O) groups excluding carboxylic acids is 1. The fraction of sp³-hybridized carbons (Fsp3) is 0.176. The summed E-state index contributed by atoms with van der Waals surface area (Å²) in [5, 5.41) is 10.0. The number of halogens is 1. The average Bonchev–Trinajstić information content (AvgIpc) is 3.06. The zero-order valence-electron chi connectivity index (χ0n) is 24.9. The van der Waals surface area contributed by atoms with E-state index in [1.54, 1.807) is 42.5 Å². The number of rotatable bonds is 10. The second-order valence-electron chi connectivity index (χ2n) is 9.75. The van der Waals surface area contributed by atoms with E-state index in [0.29, 0.717) is 45.6 Å². The third kappa shape index (κ3) is 6.26. The number of allylic oxidation sites excluding steroid dienone is 1. The van der Waals surface area contributed by atoms with Gasteiger partial charge in [0.05, 0.1) is 39.9 Å². The lowest BCUT2D eigenvalue weighted by Gasteiger charge is -2.27. The summed E-state index contributed by atoms with van der Waals surface area (Å²) >= 11 is 0. The van der Waals surface area contributed by atoms with Gasteiger partial charge >= 0.3 is 5.97 Å². The molecule has 0 aliphatic carbocycles. The summed E-state index contributed by atoms with van der Waals surface area (Å²) in [7, 11) is 5.86. The first-order valence-electron chi connectivity index (χ1n) is 13.6. The average molecular weight is 613 g/mol. The van der Waals surface area contributed by atoms with Crippen molar-refractivity contribution in [1.82, 2.24) is 0 Å². The molecule has 0 aromatic heterocycles. The van der Waals surface area contributed by atoms with E-state index in [1.165, 1.54) is 58.8 Å². The number of hydrogen-bond donors (Lipinski definition) is 1. The Morgan fingerprint density at radius 2 is 1.56 bits per heavy atom. The normalized spacial score (nSPS) is 13.6. The minimum atomic E-state index is -0.677. The predicted molar refractivity (Wildman–Crippen MR) is 161 cm³/mol. The van der Waals surface area contributed by atoms with Gasteiger partial charge in [-0.3, -0.25) is 0 Å². The fourth-order valence-electron chi connectivity index (χ4n) is 4.93. The topological polar surface area (TPSA) is 131 Å². The molecule has 0 fully saturated rings. The molecule has 45 heavy (non-hydrogen) atoms. The van der Waals surface area contributed by atoms with E-state index in [-0.39, 0.29) is 35.2 Å². The Labute approximate surface area is 258 Å². The minimum Gasteiger partial charge on any atom is -0.493 e. The van der Waals surface area contributed by atoms with Gasteiger partial charge in [0.1, 0.15) is 35.6 Å². The van der Waals surface area contributed by atoms with Gasteiger partial charge in [0, 0.05) is 11.6 Å². The van der Waals surface area contributed by atoms with Crippen molar-refractivity contribution in [3.05, 3.63) is 112 Å². The highest BCUT2D eigenvalue weighted by Crippen LogP contribution is 2.45. The molecular weight excluding hydrogens is 583 g/mol. The van der Waals surface area contributed by atoms with Crippen LogP contribution >= 0.6 is 0 Å². The highest BCUT2D eigenvalue weighted by atomic mass is 19.1. The molecule has 11 heteroatoms. The maximum absolute atomic E-state index is 13.3. The zero-order valence-corrected chi connectivity index (χ0v) is 24.9. The number of ether oxygens (including phenoxy) is 7. The van der Waals surface area contributed by atoms with E-state index in [9.17, 15) is 14.4 Å². The Morgan fingerprint density at radius 3 is 2.18 bits per heavy atom. The van der Waals surface area contributed by atoms with E-state index in [2.05, 4.69) is 6.07 Å². The van der Waals surface area contributed by atoms with Crippen LogP contribution in [0, 0.1) is 17.1 Å². The van der Waals surface area contributed by atoms with E-state index in [4.69, 9.17) is 38.9 Å². The van der Waals surface area contributed by atoms with Gasteiger partial charge in [-0.05, 0) is 53.6 Å². The first kappa shape index (κ1) is 30.6. The summed E-state index contributed by atoms with van der Waals surface area (Å²) in [6.07, 6.45) is 0. The Kier molecular flexibility index (Phi) is 8.95. The summed E-state index contributed by atoms with van der Waals surface area (Å²) in [4.78, 5) is 13.1. The molecule has 1 unspecified atom stereocenters. The van der Waals surface area contributed by atoms with Gasteiger partial charge in [-0.25, -0.2) is 9.18 Å². The Morgan fingerprint density at radius 1 is 0.867 bits per heavy atom. The van der Waals surface area contributed by atoms with Crippen molar-refractivity contribution < 1.29 is 42.3 Å². The van der Waals surface area contributed by atoms with Crippen molar-refractivity contribution in [3.63, 3.8) is 0 Å². The molecule has 4 aromatic rings. The van der Waals surface area contributed by atoms with Gasteiger partial charge < -0.3 is 38.9 Å². The first-order chi connectivity index (χ1) is 21.8. The van der Waals surface area contributed by atoms with Crippen molar-refractivity contribution in [3.8, 4) is 46.3 Å². The molecule has 10 nitrogen and oxygen atoms in total. The number of methoxy groups -OCH3 is 4. The molecule has 1 atom stereocenters. The van der Waals surface area contributed by atoms with Crippen LogP contribution in [0.5, 0.6) is 40.2 Å². The Balaban J connectivity index is 1.43. The van der Waals surface area contributed by atoms with Crippen molar-refractivity contribution in [2.45, 2.75) is 12.5 Å². The molecule has 1 aliphatic rings. The molecular formula is C34H29FN2O8. The molecule has 5 rings (SSSR count). The van der Waals surface area contributed by atoms with Crippen LogP contribution in [0.4, 0.5) is 4.39 Å². The summed E-state index contributed by atoms with van der Waals surface area (Å²) in [5.74, 6) is 0.599. The SMILES string of the molecule is COc1cc(C2C(C#N)=C(N)Oc3cc(OC(=O)c4cc(OC)c(OC)c(OC)c4)ccc32)ccc1OCc1ccc(F)cc1. The van der Waals surface area contributed by atoms with Crippen LogP contribution in [0.25, 0.3) is 0 Å². The molecule has 4 aromatic carbocycles. The zero-order chi connectivity index (χ0) is 32.1. The molecule has 0 radical (unpaired) electrons. The molecule has 1 heterocycles. The van der Waals surface area contributed by atoms with Crippen LogP contribution in [0.1, 0.15) is 33.0 Å². The molecule has 0 bridgehead atoms. The van der Waals surface area contributed by atoms with Gasteiger partial charge in [0.15, 0.2) is 23.0 Å². The number of nitriles is 1.